The second-order valence-electron chi connectivity index (χ2n) is 5.10. The van der Waals surface area contributed by atoms with Gasteiger partial charge in [-0.25, -0.2) is 0 Å². The monoisotopic (exact) mass is 264 g/mol. The van der Waals surface area contributed by atoms with E-state index in [4.69, 9.17) is 4.74 Å². The summed E-state index contributed by atoms with van der Waals surface area (Å²) in [7, 11) is 0. The Kier molecular flexibility index (Phi) is 4.80. The van der Waals surface area contributed by atoms with Crippen LogP contribution in [0.2, 0.25) is 0 Å². The lowest BCUT2D eigenvalue weighted by Crippen LogP contribution is -2.54. The molecule has 0 bridgehead atoms. The van der Waals surface area contributed by atoms with E-state index in [-0.39, 0.29) is 12.1 Å². The van der Waals surface area contributed by atoms with E-state index in [9.17, 15) is 5.11 Å². The van der Waals surface area contributed by atoms with Gasteiger partial charge in [-0.1, -0.05) is 18.2 Å². The molecule has 19 heavy (non-hydrogen) atoms. The summed E-state index contributed by atoms with van der Waals surface area (Å²) in [4.78, 5) is 2.33. The number of aliphatic hydroxyl groups excluding tert-OH is 1. The number of hydrogen-bond donors (Lipinski definition) is 2. The zero-order chi connectivity index (χ0) is 13.7. The molecule has 2 N–H and O–H groups in total. The predicted molar refractivity (Wildman–Crippen MR) is 76.5 cm³/mol. The molecule has 0 aromatic heterocycles. The quantitative estimate of drug-likeness (QED) is 0.839. The van der Waals surface area contributed by atoms with Gasteiger partial charge in [-0.3, -0.25) is 4.90 Å². The molecular formula is C15H24N2O2. The van der Waals surface area contributed by atoms with Crippen LogP contribution in [-0.4, -0.2) is 49.4 Å². The number of piperazine rings is 1. The smallest absolute Gasteiger partial charge is 0.124 e. The molecule has 1 heterocycles. The van der Waals surface area contributed by atoms with E-state index in [2.05, 4.69) is 23.2 Å². The van der Waals surface area contributed by atoms with E-state index >= 15 is 0 Å². The van der Waals surface area contributed by atoms with Crippen LogP contribution in [-0.2, 0) is 5.54 Å². The number of nitrogens with one attached hydrogen (secondary N) is 1. The molecule has 2 rings (SSSR count). The molecule has 4 nitrogen and oxygen atoms in total. The second kappa shape index (κ2) is 6.37. The summed E-state index contributed by atoms with van der Waals surface area (Å²) in [6.07, 6.45) is 0. The highest BCUT2D eigenvalue weighted by Gasteiger charge is 2.36. The maximum Gasteiger partial charge on any atom is 0.124 e. The van der Waals surface area contributed by atoms with Gasteiger partial charge in [0.1, 0.15) is 5.75 Å². The van der Waals surface area contributed by atoms with Crippen LogP contribution in [0.1, 0.15) is 19.4 Å². The van der Waals surface area contributed by atoms with Crippen molar-refractivity contribution in [1.29, 1.82) is 0 Å². The molecule has 0 radical (unpaired) electrons. The third-order valence-electron chi connectivity index (χ3n) is 3.89. The molecule has 1 atom stereocenters. The van der Waals surface area contributed by atoms with Crippen LogP contribution in [0.15, 0.2) is 24.3 Å². The summed E-state index contributed by atoms with van der Waals surface area (Å²) in [5.74, 6) is 0.875. The van der Waals surface area contributed by atoms with Crippen molar-refractivity contribution in [3.05, 3.63) is 29.8 Å². The van der Waals surface area contributed by atoms with Crippen molar-refractivity contribution in [2.75, 3.05) is 39.4 Å². The summed E-state index contributed by atoms with van der Waals surface area (Å²) in [5.41, 5.74) is 0.690. The van der Waals surface area contributed by atoms with Crippen molar-refractivity contribution >= 4 is 0 Å². The molecule has 1 fully saturated rings. The molecule has 1 aliphatic rings. The van der Waals surface area contributed by atoms with Crippen LogP contribution in [0, 0.1) is 0 Å². The molecular weight excluding hydrogens is 240 g/mol. The number of benzene rings is 1. The summed E-state index contributed by atoms with van der Waals surface area (Å²) in [5, 5.41) is 13.3. The van der Waals surface area contributed by atoms with Crippen LogP contribution in [0.5, 0.6) is 5.75 Å². The zero-order valence-corrected chi connectivity index (χ0v) is 11.9. The Hall–Kier alpha value is -1.10. The molecule has 1 unspecified atom stereocenters. The van der Waals surface area contributed by atoms with E-state index in [0.717, 1.165) is 37.5 Å². The number of hydrogen-bond acceptors (Lipinski definition) is 4. The molecule has 1 aromatic rings. The highest BCUT2D eigenvalue weighted by Crippen LogP contribution is 2.34. The van der Waals surface area contributed by atoms with E-state index in [1.54, 1.807) is 0 Å². The first-order chi connectivity index (χ1) is 9.22. The maximum absolute atomic E-state index is 9.97. The topological polar surface area (TPSA) is 44.7 Å². The van der Waals surface area contributed by atoms with Gasteiger partial charge in [0.25, 0.3) is 0 Å². The van der Waals surface area contributed by atoms with Crippen molar-refractivity contribution in [3.63, 3.8) is 0 Å². The first kappa shape index (κ1) is 14.3. The van der Waals surface area contributed by atoms with E-state index in [1.165, 1.54) is 0 Å². The van der Waals surface area contributed by atoms with Gasteiger partial charge in [0.15, 0.2) is 0 Å². The Bertz CT molecular complexity index is 405. The summed E-state index contributed by atoms with van der Waals surface area (Å²) < 4.78 is 5.72. The third kappa shape index (κ3) is 2.91. The second-order valence-corrected chi connectivity index (χ2v) is 5.10. The molecule has 1 saturated heterocycles. The molecule has 0 spiro atoms. The Balaban J connectivity index is 2.33. The van der Waals surface area contributed by atoms with Gasteiger partial charge in [-0.05, 0) is 19.9 Å². The van der Waals surface area contributed by atoms with E-state index < -0.39 is 0 Å². The fourth-order valence-corrected chi connectivity index (χ4v) is 2.71. The lowest BCUT2D eigenvalue weighted by Gasteiger charge is -2.43. The normalized spacial score (nSPS) is 19.9. The minimum atomic E-state index is -0.381. The van der Waals surface area contributed by atoms with Gasteiger partial charge >= 0.3 is 0 Å². The molecule has 0 amide bonds. The van der Waals surface area contributed by atoms with Gasteiger partial charge in [0.2, 0.25) is 0 Å². The van der Waals surface area contributed by atoms with Crippen LogP contribution in [0.3, 0.4) is 0 Å². The standard InChI is InChI=1S/C15H24N2O2/c1-3-19-14-7-5-4-6-13(14)15(2,12-18)17-10-8-16-9-11-17/h4-7,16,18H,3,8-12H2,1-2H3. The predicted octanol–water partition coefficient (Wildman–Crippen LogP) is 1.20. The Morgan fingerprint density at radius 2 is 2.00 bits per heavy atom. The SMILES string of the molecule is CCOc1ccccc1C(C)(CO)N1CCNCC1. The molecule has 0 aliphatic carbocycles. The Morgan fingerprint density at radius 3 is 2.63 bits per heavy atom. The Labute approximate surface area is 115 Å². The van der Waals surface area contributed by atoms with Gasteiger partial charge in [-0.2, -0.15) is 0 Å². The maximum atomic E-state index is 9.97. The van der Waals surface area contributed by atoms with Gasteiger partial charge < -0.3 is 15.2 Å². The molecule has 106 valence electrons. The largest absolute Gasteiger partial charge is 0.494 e. The van der Waals surface area contributed by atoms with Gasteiger partial charge in [-0.15, -0.1) is 0 Å². The van der Waals surface area contributed by atoms with Crippen molar-refractivity contribution in [2.45, 2.75) is 19.4 Å². The fourth-order valence-electron chi connectivity index (χ4n) is 2.71. The first-order valence-corrected chi connectivity index (χ1v) is 7.01. The summed E-state index contributed by atoms with van der Waals surface area (Å²) in [6, 6.07) is 8.02. The average Bonchev–Trinajstić information content (AvgIpc) is 2.48. The highest BCUT2D eigenvalue weighted by atomic mass is 16.5. The fraction of sp³-hybridized carbons (Fsp3) is 0.600. The van der Waals surface area contributed by atoms with Crippen molar-refractivity contribution in [2.24, 2.45) is 0 Å². The molecule has 1 aromatic carbocycles. The highest BCUT2D eigenvalue weighted by molar-refractivity contribution is 5.39. The summed E-state index contributed by atoms with van der Waals surface area (Å²) in [6.45, 7) is 8.62. The number of aliphatic hydroxyl groups is 1. The Morgan fingerprint density at radius 1 is 1.32 bits per heavy atom. The number of ether oxygens (including phenoxy) is 1. The molecule has 1 aliphatic heterocycles. The average molecular weight is 264 g/mol. The van der Waals surface area contributed by atoms with Crippen LogP contribution in [0.4, 0.5) is 0 Å². The third-order valence-corrected chi connectivity index (χ3v) is 3.89. The van der Waals surface area contributed by atoms with E-state index in [0.29, 0.717) is 6.61 Å². The minimum Gasteiger partial charge on any atom is -0.494 e. The molecule has 4 heteroatoms. The number of rotatable bonds is 5. The lowest BCUT2D eigenvalue weighted by molar-refractivity contribution is 0.0291. The number of para-hydroxylation sites is 1. The van der Waals surface area contributed by atoms with Crippen LogP contribution < -0.4 is 10.1 Å². The van der Waals surface area contributed by atoms with Crippen molar-refractivity contribution in [1.82, 2.24) is 10.2 Å². The summed E-state index contributed by atoms with van der Waals surface area (Å²) >= 11 is 0. The molecule has 0 saturated carbocycles. The minimum absolute atomic E-state index is 0.0943. The van der Waals surface area contributed by atoms with Crippen LogP contribution >= 0.6 is 0 Å². The van der Waals surface area contributed by atoms with Crippen molar-refractivity contribution < 1.29 is 9.84 Å². The number of nitrogens with zero attached hydrogens (tertiary/aromatic N) is 1. The van der Waals surface area contributed by atoms with Crippen LogP contribution in [0.25, 0.3) is 0 Å². The lowest BCUT2D eigenvalue weighted by atomic mass is 9.89. The first-order valence-electron chi connectivity index (χ1n) is 7.01. The van der Waals surface area contributed by atoms with Crippen molar-refractivity contribution in [3.8, 4) is 5.75 Å². The zero-order valence-electron chi connectivity index (χ0n) is 11.9. The van der Waals surface area contributed by atoms with Gasteiger partial charge in [0.05, 0.1) is 18.8 Å². The van der Waals surface area contributed by atoms with E-state index in [1.807, 2.05) is 25.1 Å². The van der Waals surface area contributed by atoms with Gasteiger partial charge in [0, 0.05) is 31.7 Å².